The number of imidazole rings is 1. The highest BCUT2D eigenvalue weighted by atomic mass is 32.2. The fourth-order valence-electron chi connectivity index (χ4n) is 4.25. The van der Waals surface area contributed by atoms with Crippen molar-refractivity contribution < 1.29 is 8.42 Å². The van der Waals surface area contributed by atoms with Crippen LogP contribution in [0.25, 0.3) is 44.3 Å². The number of hydrogen-bond acceptors (Lipinski definition) is 4. The van der Waals surface area contributed by atoms with E-state index >= 15 is 0 Å². The van der Waals surface area contributed by atoms with E-state index in [1.165, 1.54) is 6.08 Å². The number of fused-ring (bicyclic) bond motifs is 2. The van der Waals surface area contributed by atoms with E-state index in [1.54, 1.807) is 12.3 Å². The van der Waals surface area contributed by atoms with Crippen LogP contribution in [0.1, 0.15) is 20.8 Å². The Labute approximate surface area is 204 Å². The molecule has 0 aliphatic rings. The van der Waals surface area contributed by atoms with Crippen LogP contribution in [0.3, 0.4) is 0 Å². The second-order valence-corrected chi connectivity index (χ2v) is 11.3. The first kappa shape index (κ1) is 22.9. The summed E-state index contributed by atoms with van der Waals surface area (Å²) in [6, 6.07) is 15.7. The van der Waals surface area contributed by atoms with Crippen molar-refractivity contribution in [3.8, 4) is 22.3 Å². The summed E-state index contributed by atoms with van der Waals surface area (Å²) in [6.07, 6.45) is 7.01. The molecule has 0 radical (unpaired) electrons. The molecule has 2 N–H and O–H groups in total. The Hall–Kier alpha value is -3.91. The topological polar surface area (TPSA) is 92.7 Å². The van der Waals surface area contributed by atoms with Gasteiger partial charge in [0.15, 0.2) is 0 Å². The maximum Gasteiger partial charge on any atom is 0.236 e. The second-order valence-electron chi connectivity index (χ2n) is 9.56. The van der Waals surface area contributed by atoms with Gasteiger partial charge in [0.1, 0.15) is 5.65 Å². The van der Waals surface area contributed by atoms with Crippen LogP contribution in [0.5, 0.6) is 0 Å². The van der Waals surface area contributed by atoms with Crippen molar-refractivity contribution >= 4 is 37.8 Å². The van der Waals surface area contributed by atoms with Gasteiger partial charge in [0, 0.05) is 40.1 Å². The summed E-state index contributed by atoms with van der Waals surface area (Å²) in [5.74, 6) is -0.143. The molecular weight excluding hydrogens is 458 g/mol. The summed E-state index contributed by atoms with van der Waals surface area (Å²) in [5, 5.41) is 0.987. The number of nitrogens with one attached hydrogen (secondary N) is 2. The molecule has 0 saturated heterocycles. The molecule has 2 aromatic carbocycles. The third kappa shape index (κ3) is 4.44. The van der Waals surface area contributed by atoms with E-state index < -0.39 is 10.0 Å². The van der Waals surface area contributed by atoms with Gasteiger partial charge in [-0.1, -0.05) is 24.3 Å². The molecule has 35 heavy (non-hydrogen) atoms. The average Bonchev–Trinajstić information content (AvgIpc) is 3.42. The fourth-order valence-corrected chi connectivity index (χ4v) is 5.13. The number of aromatic amines is 1. The smallest absolute Gasteiger partial charge is 0.236 e. The second kappa shape index (κ2) is 8.39. The van der Waals surface area contributed by atoms with Crippen molar-refractivity contribution in [2.45, 2.75) is 26.3 Å². The number of anilines is 1. The third-order valence-electron chi connectivity index (χ3n) is 5.92. The van der Waals surface area contributed by atoms with Crippen LogP contribution in [-0.4, -0.2) is 33.7 Å². The molecule has 0 bridgehead atoms. The number of H-pyrrole nitrogens is 1. The molecule has 0 atom stereocenters. The first-order valence-electron chi connectivity index (χ1n) is 11.3. The molecule has 0 spiro atoms. The van der Waals surface area contributed by atoms with Crippen molar-refractivity contribution in [2.75, 3.05) is 10.5 Å². The van der Waals surface area contributed by atoms with Gasteiger partial charge in [-0.25, -0.2) is 18.4 Å². The molecule has 0 saturated carbocycles. The van der Waals surface area contributed by atoms with Gasteiger partial charge < -0.3 is 9.55 Å². The molecule has 0 fully saturated rings. The van der Waals surface area contributed by atoms with Crippen LogP contribution >= 0.6 is 0 Å². The largest absolute Gasteiger partial charge is 0.346 e. The van der Waals surface area contributed by atoms with Gasteiger partial charge in [-0.3, -0.25) is 4.72 Å². The van der Waals surface area contributed by atoms with Crippen LogP contribution in [0.2, 0.25) is 0 Å². The minimum Gasteiger partial charge on any atom is -0.346 e. The molecule has 0 unspecified atom stereocenters. The highest BCUT2D eigenvalue weighted by molar-refractivity contribution is 7.92. The van der Waals surface area contributed by atoms with E-state index in [0.29, 0.717) is 5.69 Å². The Bertz CT molecular complexity index is 1670. The summed E-state index contributed by atoms with van der Waals surface area (Å²) in [4.78, 5) is 12.5. The van der Waals surface area contributed by atoms with Crippen LogP contribution in [0, 0.1) is 0 Å². The summed E-state index contributed by atoms with van der Waals surface area (Å²) in [7, 11) is -3.48. The summed E-state index contributed by atoms with van der Waals surface area (Å²) in [6.45, 7) is 9.99. The van der Waals surface area contributed by atoms with E-state index in [-0.39, 0.29) is 11.3 Å². The van der Waals surface area contributed by atoms with Gasteiger partial charge in [0.2, 0.25) is 10.0 Å². The quantitative estimate of drug-likeness (QED) is 0.292. The molecular formula is C27H27N5O2S. The highest BCUT2D eigenvalue weighted by Gasteiger charge is 2.17. The van der Waals surface area contributed by atoms with E-state index in [4.69, 9.17) is 0 Å². The monoisotopic (exact) mass is 485 g/mol. The molecule has 5 rings (SSSR count). The number of hydrogen-bond donors (Lipinski definition) is 2. The van der Waals surface area contributed by atoms with E-state index in [0.717, 1.165) is 44.3 Å². The maximum atomic E-state index is 12.1. The number of nitrogens with zero attached hydrogens (tertiary/aromatic N) is 3. The average molecular weight is 486 g/mol. The van der Waals surface area contributed by atoms with Crippen molar-refractivity contribution in [1.29, 1.82) is 0 Å². The summed E-state index contributed by atoms with van der Waals surface area (Å²) < 4.78 is 29.1. The molecule has 5 aromatic rings. The van der Waals surface area contributed by atoms with Crippen LogP contribution < -0.4 is 4.72 Å². The number of aromatic nitrogens is 4. The SMILES string of the molecule is C=CCS(=O)(=O)Nc1cccc(-c2cnc3[nH]cc(-c4ccc5ncn(C(C)(C)C)c5c4)c3c2)c1. The molecule has 178 valence electrons. The van der Waals surface area contributed by atoms with Gasteiger partial charge in [0.05, 0.1) is 23.1 Å². The predicted molar refractivity (Wildman–Crippen MR) is 143 cm³/mol. The lowest BCUT2D eigenvalue weighted by molar-refractivity contribution is 0.408. The highest BCUT2D eigenvalue weighted by Crippen LogP contribution is 2.34. The van der Waals surface area contributed by atoms with Crippen molar-refractivity contribution in [1.82, 2.24) is 19.5 Å². The van der Waals surface area contributed by atoms with Crippen LogP contribution in [0.4, 0.5) is 5.69 Å². The molecule has 0 aliphatic heterocycles. The lowest BCUT2D eigenvalue weighted by atomic mass is 10.0. The first-order chi connectivity index (χ1) is 16.6. The van der Waals surface area contributed by atoms with Gasteiger partial charge in [-0.05, 0) is 62.2 Å². The molecule has 3 aromatic heterocycles. The number of pyridine rings is 1. The third-order valence-corrected chi connectivity index (χ3v) is 7.14. The number of rotatable bonds is 6. The number of sulfonamides is 1. The minimum atomic E-state index is -3.48. The normalized spacial score (nSPS) is 12.3. The van der Waals surface area contributed by atoms with Gasteiger partial charge in [-0.2, -0.15) is 0 Å². The standard InChI is InChI=1S/C27H27N5O2S/c1-5-11-35(33,34)31-21-8-6-7-18(12-21)20-13-22-23(16-29-26(22)28-15-20)19-9-10-24-25(14-19)32(17-30-24)27(2,3)4/h5-10,12-17,31H,1,11H2,2-4H3,(H,28,29). The first-order valence-corrected chi connectivity index (χ1v) is 13.0. The Morgan fingerprint density at radius 2 is 1.89 bits per heavy atom. The lowest BCUT2D eigenvalue weighted by Gasteiger charge is -2.21. The molecule has 0 aliphatic carbocycles. The minimum absolute atomic E-state index is 0.0828. The van der Waals surface area contributed by atoms with Gasteiger partial charge >= 0.3 is 0 Å². The van der Waals surface area contributed by atoms with E-state index in [1.807, 2.05) is 36.8 Å². The summed E-state index contributed by atoms with van der Waals surface area (Å²) in [5.41, 5.74) is 7.11. The zero-order valence-corrected chi connectivity index (χ0v) is 20.7. The zero-order chi connectivity index (χ0) is 24.8. The Kier molecular flexibility index (Phi) is 5.48. The molecule has 8 heteroatoms. The lowest BCUT2D eigenvalue weighted by Crippen LogP contribution is -2.20. The zero-order valence-electron chi connectivity index (χ0n) is 19.9. The predicted octanol–water partition coefficient (Wildman–Crippen LogP) is 5.93. The fraction of sp³-hybridized carbons (Fsp3) is 0.185. The summed E-state index contributed by atoms with van der Waals surface area (Å²) >= 11 is 0. The maximum absolute atomic E-state index is 12.1. The van der Waals surface area contributed by atoms with Gasteiger partial charge in [0.25, 0.3) is 0 Å². The Morgan fingerprint density at radius 3 is 2.66 bits per heavy atom. The van der Waals surface area contributed by atoms with Crippen LogP contribution in [-0.2, 0) is 15.6 Å². The van der Waals surface area contributed by atoms with E-state index in [9.17, 15) is 8.42 Å². The number of benzene rings is 2. The Morgan fingerprint density at radius 1 is 1.06 bits per heavy atom. The van der Waals surface area contributed by atoms with Crippen molar-refractivity contribution in [3.63, 3.8) is 0 Å². The van der Waals surface area contributed by atoms with Gasteiger partial charge in [-0.15, -0.1) is 6.58 Å². The van der Waals surface area contributed by atoms with Crippen molar-refractivity contribution in [2.24, 2.45) is 0 Å². The van der Waals surface area contributed by atoms with Crippen molar-refractivity contribution in [3.05, 3.63) is 79.9 Å². The Balaban J connectivity index is 1.57. The molecule has 0 amide bonds. The van der Waals surface area contributed by atoms with E-state index in [2.05, 4.69) is 69.8 Å². The molecule has 7 nitrogen and oxygen atoms in total. The molecule has 3 heterocycles. The van der Waals surface area contributed by atoms with Crippen LogP contribution in [0.15, 0.2) is 79.9 Å².